The first-order chi connectivity index (χ1) is 16.3. The van der Waals surface area contributed by atoms with E-state index in [0.717, 1.165) is 5.56 Å². The second-order valence-electron chi connectivity index (χ2n) is 9.15. The third-order valence-corrected chi connectivity index (χ3v) is 7.08. The van der Waals surface area contributed by atoms with Crippen molar-refractivity contribution in [1.82, 2.24) is 15.1 Å². The molecule has 34 heavy (non-hydrogen) atoms. The summed E-state index contributed by atoms with van der Waals surface area (Å²) in [5.41, 5.74) is 3.00. The predicted octanol–water partition coefficient (Wildman–Crippen LogP) is 2.36. The molecule has 2 aromatic carbocycles. The molecule has 178 valence electrons. The number of rotatable bonds is 4. The second kappa shape index (κ2) is 8.79. The Bertz CT molecular complexity index is 1180. The van der Waals surface area contributed by atoms with Crippen LogP contribution in [0.5, 0.6) is 0 Å². The zero-order valence-corrected chi connectivity index (χ0v) is 18.9. The van der Waals surface area contributed by atoms with E-state index >= 15 is 4.39 Å². The van der Waals surface area contributed by atoms with Crippen LogP contribution in [-0.4, -0.2) is 59.7 Å². The van der Waals surface area contributed by atoms with Crippen LogP contribution >= 0.6 is 0 Å². The Hall–Kier alpha value is -3.33. The van der Waals surface area contributed by atoms with Gasteiger partial charge in [-0.2, -0.15) is 0 Å². The van der Waals surface area contributed by atoms with E-state index in [0.29, 0.717) is 49.5 Å². The van der Waals surface area contributed by atoms with E-state index in [-0.39, 0.29) is 42.6 Å². The van der Waals surface area contributed by atoms with Crippen LogP contribution < -0.4 is 10.2 Å². The van der Waals surface area contributed by atoms with Crippen LogP contribution in [0.15, 0.2) is 30.3 Å². The van der Waals surface area contributed by atoms with E-state index in [9.17, 15) is 18.8 Å². The molecule has 0 aromatic heterocycles. The molecule has 3 amide bonds. The minimum Gasteiger partial charge on any atom is -0.367 e. The monoisotopic (exact) mass is 468 g/mol. The first-order valence-corrected chi connectivity index (χ1v) is 11.5. The maximum absolute atomic E-state index is 15.0. The van der Waals surface area contributed by atoms with Crippen molar-refractivity contribution in [1.29, 1.82) is 0 Å². The number of carbonyl (C=O) groups excluding carboxylic acids is 3. The van der Waals surface area contributed by atoms with Crippen molar-refractivity contribution >= 4 is 23.4 Å². The van der Waals surface area contributed by atoms with Crippen molar-refractivity contribution in [3.05, 3.63) is 64.2 Å². The molecule has 3 heterocycles. The molecule has 2 saturated heterocycles. The molecule has 0 radical (unpaired) electrons. The Morgan fingerprint density at radius 1 is 1.03 bits per heavy atom. The Morgan fingerprint density at radius 2 is 1.79 bits per heavy atom. The molecule has 0 bridgehead atoms. The van der Waals surface area contributed by atoms with Gasteiger partial charge in [0.15, 0.2) is 0 Å². The molecular formula is C25H26F2N4O3. The average Bonchev–Trinajstić information content (AvgIpc) is 3.12. The van der Waals surface area contributed by atoms with Gasteiger partial charge in [0.25, 0.3) is 5.91 Å². The Labute approximate surface area is 196 Å². The summed E-state index contributed by atoms with van der Waals surface area (Å²) in [4.78, 5) is 42.2. The fourth-order valence-corrected chi connectivity index (χ4v) is 5.03. The number of hydrogen-bond donors (Lipinski definition) is 1. The number of imide groups is 1. The molecule has 2 fully saturated rings. The van der Waals surface area contributed by atoms with Gasteiger partial charge < -0.3 is 9.80 Å². The van der Waals surface area contributed by atoms with E-state index in [1.807, 2.05) is 11.0 Å². The molecular weight excluding hydrogens is 442 g/mol. The number of anilines is 1. The number of fused-ring (bicyclic) bond motifs is 1. The van der Waals surface area contributed by atoms with Crippen LogP contribution in [0.25, 0.3) is 0 Å². The summed E-state index contributed by atoms with van der Waals surface area (Å²) >= 11 is 0. The van der Waals surface area contributed by atoms with E-state index < -0.39 is 17.8 Å². The van der Waals surface area contributed by atoms with Gasteiger partial charge in [-0.15, -0.1) is 0 Å². The standard InChI is InChI=1S/C25H26F2N4O3/c1-15-16(3-2-4-19(15)26)13-29-7-9-30(10-8-29)22-11-17-14-31(25(34)18(17)12-20(22)27)21-5-6-23(32)28-24(21)33/h2-4,11-12,21H,5-10,13-14H2,1H3,(H,28,32,33). The van der Waals surface area contributed by atoms with E-state index in [1.54, 1.807) is 19.1 Å². The molecule has 1 unspecified atom stereocenters. The maximum atomic E-state index is 15.0. The number of amides is 3. The minimum atomic E-state index is -0.723. The van der Waals surface area contributed by atoms with Crippen molar-refractivity contribution < 1.29 is 23.2 Å². The number of piperidine rings is 1. The van der Waals surface area contributed by atoms with Crippen LogP contribution in [0.3, 0.4) is 0 Å². The van der Waals surface area contributed by atoms with Crippen LogP contribution in [0, 0.1) is 18.6 Å². The molecule has 1 N–H and O–H groups in total. The average molecular weight is 469 g/mol. The van der Waals surface area contributed by atoms with Crippen molar-refractivity contribution in [3.8, 4) is 0 Å². The molecule has 3 aliphatic heterocycles. The number of hydrogen-bond acceptors (Lipinski definition) is 5. The molecule has 2 aromatic rings. The van der Waals surface area contributed by atoms with Crippen molar-refractivity contribution in [2.75, 3.05) is 31.1 Å². The van der Waals surface area contributed by atoms with Crippen molar-refractivity contribution in [2.24, 2.45) is 0 Å². The van der Waals surface area contributed by atoms with Crippen LogP contribution in [-0.2, 0) is 22.7 Å². The summed E-state index contributed by atoms with van der Waals surface area (Å²) in [5.74, 6) is -1.89. The van der Waals surface area contributed by atoms with E-state index in [4.69, 9.17) is 0 Å². The van der Waals surface area contributed by atoms with Gasteiger partial charge in [-0.1, -0.05) is 12.1 Å². The molecule has 3 aliphatic rings. The normalized spacial score (nSPS) is 21.1. The van der Waals surface area contributed by atoms with Crippen molar-refractivity contribution in [2.45, 2.75) is 38.9 Å². The summed E-state index contributed by atoms with van der Waals surface area (Å²) in [6.07, 6.45) is 0.446. The molecule has 7 nitrogen and oxygen atoms in total. The van der Waals surface area contributed by atoms with Gasteiger partial charge in [-0.05, 0) is 48.2 Å². The van der Waals surface area contributed by atoms with Crippen LogP contribution in [0.1, 0.15) is 39.9 Å². The number of nitrogens with zero attached hydrogens (tertiary/aromatic N) is 3. The van der Waals surface area contributed by atoms with Crippen LogP contribution in [0.4, 0.5) is 14.5 Å². The molecule has 5 rings (SSSR count). The van der Waals surface area contributed by atoms with E-state index in [1.165, 1.54) is 17.0 Å². The Balaban J connectivity index is 1.27. The predicted molar refractivity (Wildman–Crippen MR) is 121 cm³/mol. The third kappa shape index (κ3) is 4.04. The van der Waals surface area contributed by atoms with E-state index in [2.05, 4.69) is 10.2 Å². The fourth-order valence-electron chi connectivity index (χ4n) is 5.03. The highest BCUT2D eigenvalue weighted by Gasteiger charge is 2.40. The molecule has 9 heteroatoms. The summed E-state index contributed by atoms with van der Waals surface area (Å²) < 4.78 is 28.9. The van der Waals surface area contributed by atoms with Gasteiger partial charge in [0.05, 0.1) is 5.69 Å². The highest BCUT2D eigenvalue weighted by atomic mass is 19.1. The number of nitrogens with one attached hydrogen (secondary N) is 1. The van der Waals surface area contributed by atoms with Gasteiger partial charge in [0.1, 0.15) is 17.7 Å². The lowest BCUT2D eigenvalue weighted by Crippen LogP contribution is -2.52. The quantitative estimate of drug-likeness (QED) is 0.698. The molecule has 0 saturated carbocycles. The SMILES string of the molecule is Cc1c(F)cccc1CN1CCN(c2cc3c(cc2F)C(=O)N(C2CCC(=O)NC2=O)C3)CC1. The lowest BCUT2D eigenvalue weighted by molar-refractivity contribution is -0.136. The summed E-state index contributed by atoms with van der Waals surface area (Å²) in [5, 5.41) is 2.28. The first kappa shape index (κ1) is 22.5. The van der Waals surface area contributed by atoms with Crippen LogP contribution in [0.2, 0.25) is 0 Å². The van der Waals surface area contributed by atoms with Gasteiger partial charge >= 0.3 is 0 Å². The Morgan fingerprint density at radius 3 is 2.53 bits per heavy atom. The summed E-state index contributed by atoms with van der Waals surface area (Å²) in [6.45, 7) is 5.25. The maximum Gasteiger partial charge on any atom is 0.255 e. The summed E-state index contributed by atoms with van der Waals surface area (Å²) in [7, 11) is 0. The van der Waals surface area contributed by atoms with Crippen molar-refractivity contribution in [3.63, 3.8) is 0 Å². The summed E-state index contributed by atoms with van der Waals surface area (Å²) in [6, 6.07) is 7.35. The van der Waals surface area contributed by atoms with Gasteiger partial charge in [-0.25, -0.2) is 8.78 Å². The zero-order chi connectivity index (χ0) is 24.0. The smallest absolute Gasteiger partial charge is 0.255 e. The molecule has 0 aliphatic carbocycles. The third-order valence-electron chi connectivity index (χ3n) is 7.08. The lowest BCUT2D eigenvalue weighted by Gasteiger charge is -2.36. The molecule has 0 spiro atoms. The largest absolute Gasteiger partial charge is 0.367 e. The number of carbonyl (C=O) groups is 3. The fraction of sp³-hybridized carbons (Fsp3) is 0.400. The van der Waals surface area contributed by atoms with Gasteiger partial charge in [0.2, 0.25) is 11.8 Å². The number of halogens is 2. The highest BCUT2D eigenvalue weighted by molar-refractivity contribution is 6.05. The number of benzene rings is 2. The highest BCUT2D eigenvalue weighted by Crippen LogP contribution is 2.33. The lowest BCUT2D eigenvalue weighted by atomic mass is 10.0. The topological polar surface area (TPSA) is 73.0 Å². The zero-order valence-electron chi connectivity index (χ0n) is 18.9. The second-order valence-corrected chi connectivity index (χ2v) is 9.15. The first-order valence-electron chi connectivity index (χ1n) is 11.5. The Kier molecular flexibility index (Phi) is 5.81. The minimum absolute atomic E-state index is 0.176. The number of piperazine rings is 1. The van der Waals surface area contributed by atoms with Gasteiger partial charge in [-0.3, -0.25) is 24.6 Å². The van der Waals surface area contributed by atoms with Gasteiger partial charge in [0, 0.05) is 51.3 Å². The molecule has 1 atom stereocenters.